The van der Waals surface area contributed by atoms with Crippen molar-refractivity contribution >= 4 is 22.7 Å². The quantitative estimate of drug-likeness (QED) is 0.742. The summed E-state index contributed by atoms with van der Waals surface area (Å²) >= 11 is 0. The lowest BCUT2D eigenvalue weighted by atomic mass is 10.1. The summed E-state index contributed by atoms with van der Waals surface area (Å²) in [6, 6.07) is 4.33. The van der Waals surface area contributed by atoms with Gasteiger partial charge < -0.3 is 20.3 Å². The number of nitrogens with two attached hydrogens (primary N) is 1. The number of aromatic nitrogens is 2. The fourth-order valence-electron chi connectivity index (χ4n) is 5.08. The van der Waals surface area contributed by atoms with Gasteiger partial charge in [0.05, 0.1) is 24.7 Å². The van der Waals surface area contributed by atoms with Crippen molar-refractivity contribution in [2.75, 3.05) is 62.7 Å². The average Bonchev–Trinajstić information content (AvgIpc) is 3.52. The summed E-state index contributed by atoms with van der Waals surface area (Å²) in [5.74, 6) is 9.29. The standard InChI is InChI=1S/C25H34N6O/c1-32-23-17-21-22(16-19(23)8-6-12-29-10-2-3-11-29)27-25(30-13-4-5-14-30)28-24(21)31-15-7-9-20(26)18-31/h16-17,20H,2-5,7,9-15,18,26H2,1H3. The molecule has 0 amide bonds. The molecule has 2 aromatic rings. The lowest BCUT2D eigenvalue weighted by Crippen LogP contribution is -2.43. The van der Waals surface area contributed by atoms with Crippen molar-refractivity contribution in [2.45, 2.75) is 44.6 Å². The molecule has 5 rings (SSSR count). The van der Waals surface area contributed by atoms with Crippen molar-refractivity contribution in [3.8, 4) is 17.6 Å². The number of piperidine rings is 1. The van der Waals surface area contributed by atoms with E-state index in [0.717, 1.165) is 92.6 Å². The van der Waals surface area contributed by atoms with Crippen LogP contribution in [0.3, 0.4) is 0 Å². The van der Waals surface area contributed by atoms with Gasteiger partial charge in [0, 0.05) is 37.6 Å². The lowest BCUT2D eigenvalue weighted by molar-refractivity contribution is 0.383. The molecule has 3 aliphatic heterocycles. The highest BCUT2D eigenvalue weighted by Gasteiger charge is 2.24. The molecule has 7 nitrogen and oxygen atoms in total. The van der Waals surface area contributed by atoms with E-state index in [-0.39, 0.29) is 6.04 Å². The fourth-order valence-corrected chi connectivity index (χ4v) is 5.08. The van der Waals surface area contributed by atoms with Crippen molar-refractivity contribution in [3.63, 3.8) is 0 Å². The predicted molar refractivity (Wildman–Crippen MR) is 130 cm³/mol. The minimum Gasteiger partial charge on any atom is -0.495 e. The maximum Gasteiger partial charge on any atom is 0.227 e. The van der Waals surface area contributed by atoms with Crippen LogP contribution in [0, 0.1) is 11.8 Å². The van der Waals surface area contributed by atoms with Crippen LogP contribution >= 0.6 is 0 Å². The molecule has 0 spiro atoms. The van der Waals surface area contributed by atoms with E-state index in [4.69, 9.17) is 20.4 Å². The highest BCUT2D eigenvalue weighted by atomic mass is 16.5. The van der Waals surface area contributed by atoms with Crippen LogP contribution in [-0.4, -0.2) is 73.8 Å². The number of hydrogen-bond acceptors (Lipinski definition) is 7. The summed E-state index contributed by atoms with van der Waals surface area (Å²) in [4.78, 5) is 17.1. The first-order valence-electron chi connectivity index (χ1n) is 12.1. The molecule has 3 saturated heterocycles. The van der Waals surface area contributed by atoms with Gasteiger partial charge >= 0.3 is 0 Å². The van der Waals surface area contributed by atoms with E-state index in [2.05, 4.69) is 38.7 Å². The molecule has 1 aromatic heterocycles. The molecule has 3 fully saturated rings. The van der Waals surface area contributed by atoms with Crippen LogP contribution in [0.4, 0.5) is 11.8 Å². The molecular formula is C25H34N6O. The van der Waals surface area contributed by atoms with Gasteiger partial charge in [-0.15, -0.1) is 0 Å². The van der Waals surface area contributed by atoms with Crippen LogP contribution in [0.25, 0.3) is 10.9 Å². The maximum absolute atomic E-state index is 6.31. The van der Waals surface area contributed by atoms with Gasteiger partial charge in [0.1, 0.15) is 11.6 Å². The maximum atomic E-state index is 6.31. The Morgan fingerprint density at radius 1 is 1.00 bits per heavy atom. The number of anilines is 2. The first kappa shape index (κ1) is 21.3. The first-order chi connectivity index (χ1) is 15.7. The van der Waals surface area contributed by atoms with Crippen molar-refractivity contribution in [2.24, 2.45) is 5.73 Å². The molecular weight excluding hydrogens is 400 g/mol. The number of methoxy groups -OCH3 is 1. The van der Waals surface area contributed by atoms with Gasteiger partial charge in [-0.05, 0) is 63.7 Å². The van der Waals surface area contributed by atoms with Gasteiger partial charge in [-0.3, -0.25) is 4.90 Å². The van der Waals surface area contributed by atoms with Gasteiger partial charge in [-0.2, -0.15) is 4.98 Å². The summed E-state index contributed by atoms with van der Waals surface area (Å²) in [5.41, 5.74) is 8.14. The van der Waals surface area contributed by atoms with Gasteiger partial charge in [0.2, 0.25) is 5.95 Å². The Morgan fingerprint density at radius 2 is 1.75 bits per heavy atom. The molecule has 0 saturated carbocycles. The highest BCUT2D eigenvalue weighted by molar-refractivity contribution is 5.93. The summed E-state index contributed by atoms with van der Waals surface area (Å²) in [7, 11) is 1.71. The fraction of sp³-hybridized carbons (Fsp3) is 0.600. The van der Waals surface area contributed by atoms with Crippen LogP contribution in [0.1, 0.15) is 44.1 Å². The predicted octanol–water partition coefficient (Wildman–Crippen LogP) is 2.61. The number of benzene rings is 1. The first-order valence-corrected chi connectivity index (χ1v) is 12.1. The average molecular weight is 435 g/mol. The molecule has 1 aromatic carbocycles. The molecule has 1 unspecified atom stereocenters. The third kappa shape index (κ3) is 4.48. The molecule has 4 heterocycles. The number of likely N-dealkylation sites (tertiary alicyclic amines) is 1. The number of nitrogens with zero attached hydrogens (tertiary/aromatic N) is 5. The lowest BCUT2D eigenvalue weighted by Gasteiger charge is -2.33. The molecule has 0 radical (unpaired) electrons. The van der Waals surface area contributed by atoms with Crippen molar-refractivity contribution < 1.29 is 4.74 Å². The normalized spacial score (nSPS) is 21.8. The third-order valence-corrected chi connectivity index (χ3v) is 6.86. The topological polar surface area (TPSA) is 70.8 Å². The van der Waals surface area contributed by atoms with Crippen LogP contribution in [0.2, 0.25) is 0 Å². The molecule has 3 aliphatic rings. The Morgan fingerprint density at radius 3 is 2.50 bits per heavy atom. The third-order valence-electron chi connectivity index (χ3n) is 6.86. The minimum absolute atomic E-state index is 0.182. The van der Waals surface area contributed by atoms with E-state index in [1.54, 1.807) is 7.11 Å². The molecule has 32 heavy (non-hydrogen) atoms. The van der Waals surface area contributed by atoms with Crippen molar-refractivity contribution in [1.29, 1.82) is 0 Å². The van der Waals surface area contributed by atoms with Crippen LogP contribution in [-0.2, 0) is 0 Å². The molecule has 170 valence electrons. The van der Waals surface area contributed by atoms with Crippen molar-refractivity contribution in [1.82, 2.24) is 14.9 Å². The Kier molecular flexibility index (Phi) is 6.33. The van der Waals surface area contributed by atoms with Gasteiger partial charge in [-0.25, -0.2) is 4.98 Å². The second-order valence-electron chi connectivity index (χ2n) is 9.24. The summed E-state index contributed by atoms with van der Waals surface area (Å²) in [5, 5.41) is 1.02. The molecule has 2 N–H and O–H groups in total. The summed E-state index contributed by atoms with van der Waals surface area (Å²) in [6.07, 6.45) is 7.10. The monoisotopic (exact) mass is 434 g/mol. The number of hydrogen-bond donors (Lipinski definition) is 1. The zero-order valence-electron chi connectivity index (χ0n) is 19.1. The van der Waals surface area contributed by atoms with Gasteiger partial charge in [0.15, 0.2) is 0 Å². The van der Waals surface area contributed by atoms with E-state index in [1.807, 2.05) is 0 Å². The largest absolute Gasteiger partial charge is 0.495 e. The second-order valence-corrected chi connectivity index (χ2v) is 9.24. The van der Waals surface area contributed by atoms with Crippen LogP contribution in [0.5, 0.6) is 5.75 Å². The van der Waals surface area contributed by atoms with Crippen LogP contribution in [0.15, 0.2) is 12.1 Å². The van der Waals surface area contributed by atoms with Crippen molar-refractivity contribution in [3.05, 3.63) is 17.7 Å². The summed E-state index contributed by atoms with van der Waals surface area (Å²) in [6.45, 7) is 6.94. The SMILES string of the molecule is COc1cc2c(N3CCCC(N)C3)nc(N3CCCC3)nc2cc1C#CCN1CCCC1. The Hall–Kier alpha value is -2.56. The number of rotatable bonds is 4. The summed E-state index contributed by atoms with van der Waals surface area (Å²) < 4.78 is 5.74. The molecule has 7 heteroatoms. The van der Waals surface area contributed by atoms with E-state index < -0.39 is 0 Å². The Bertz CT molecular complexity index is 1020. The molecule has 1 atom stereocenters. The highest BCUT2D eigenvalue weighted by Crippen LogP contribution is 2.34. The molecule has 0 aliphatic carbocycles. The zero-order valence-corrected chi connectivity index (χ0v) is 19.1. The van der Waals surface area contributed by atoms with E-state index >= 15 is 0 Å². The van der Waals surface area contributed by atoms with Crippen LogP contribution < -0.4 is 20.3 Å². The Balaban J connectivity index is 1.55. The molecule has 0 bridgehead atoms. The Labute approximate surface area is 190 Å². The smallest absolute Gasteiger partial charge is 0.227 e. The van der Waals surface area contributed by atoms with E-state index in [0.29, 0.717) is 0 Å². The van der Waals surface area contributed by atoms with E-state index in [1.165, 1.54) is 25.7 Å². The van der Waals surface area contributed by atoms with E-state index in [9.17, 15) is 0 Å². The number of ether oxygens (including phenoxy) is 1. The minimum atomic E-state index is 0.182. The second kappa shape index (κ2) is 9.51. The zero-order chi connectivity index (χ0) is 21.9. The van der Waals surface area contributed by atoms with Gasteiger partial charge in [-0.1, -0.05) is 11.8 Å². The van der Waals surface area contributed by atoms with Gasteiger partial charge in [0.25, 0.3) is 0 Å². The number of fused-ring (bicyclic) bond motifs is 1.